The van der Waals surface area contributed by atoms with Gasteiger partial charge in [0.05, 0.1) is 43.0 Å². The van der Waals surface area contributed by atoms with Gasteiger partial charge in [0, 0.05) is 51.2 Å². The third-order valence-electron chi connectivity index (χ3n) is 7.14. The van der Waals surface area contributed by atoms with Crippen molar-refractivity contribution in [3.05, 3.63) is 42.4 Å². The van der Waals surface area contributed by atoms with Crippen LogP contribution in [0.5, 0.6) is 0 Å². The molecule has 3 aromatic rings. The molecular formula is C32H44N10O3. The van der Waals surface area contributed by atoms with Gasteiger partial charge >= 0.3 is 0 Å². The molecule has 0 spiro atoms. The number of hydrogen-bond acceptors (Lipinski definition) is 10. The van der Waals surface area contributed by atoms with E-state index in [1.807, 2.05) is 35.8 Å². The standard InChI is InChI=1S/C32H44N10O3/c1-5-14-33-29-24(21-36-32(39-29)38-26-20-25-22-37-42(18-19-45-4)30(25)35-23-26)11-7-6-8-15-34-31(44)27-12-9-17-41(27)28(43)13-10-16-40(2)3/h10,13,20-23,27H,5-6,8-9,12,14-19H2,1-4H3,(H,34,44)(H2,33,36,38,39)/b13-10+/t27-/m0/s1. The lowest BCUT2D eigenvalue weighted by Gasteiger charge is -2.22. The summed E-state index contributed by atoms with van der Waals surface area (Å²) in [6.45, 7) is 5.80. The molecule has 13 nitrogen and oxygen atoms in total. The van der Waals surface area contributed by atoms with E-state index in [0.717, 1.165) is 36.1 Å². The average molecular weight is 617 g/mol. The van der Waals surface area contributed by atoms with E-state index >= 15 is 0 Å². The van der Waals surface area contributed by atoms with Crippen molar-refractivity contribution in [2.24, 2.45) is 0 Å². The molecule has 1 atom stereocenters. The maximum atomic E-state index is 12.8. The number of likely N-dealkylation sites (tertiary alicyclic amines) is 1. The van der Waals surface area contributed by atoms with Gasteiger partial charge in [0.25, 0.3) is 0 Å². The first-order valence-corrected chi connectivity index (χ1v) is 15.5. The number of methoxy groups -OCH3 is 1. The Balaban J connectivity index is 1.29. The first-order valence-electron chi connectivity index (χ1n) is 15.5. The molecule has 3 N–H and O–H groups in total. The van der Waals surface area contributed by atoms with Crippen LogP contribution < -0.4 is 16.0 Å². The van der Waals surface area contributed by atoms with Crippen molar-refractivity contribution in [2.75, 3.05) is 64.6 Å². The van der Waals surface area contributed by atoms with E-state index in [-0.39, 0.29) is 11.8 Å². The van der Waals surface area contributed by atoms with Crippen LogP contribution in [0.15, 0.2) is 36.8 Å². The third-order valence-corrected chi connectivity index (χ3v) is 7.14. The summed E-state index contributed by atoms with van der Waals surface area (Å²) in [6.07, 6.45) is 12.3. The molecule has 0 aromatic carbocycles. The van der Waals surface area contributed by atoms with Crippen LogP contribution in [-0.4, -0.2) is 106 Å². The lowest BCUT2D eigenvalue weighted by molar-refractivity contribution is -0.135. The van der Waals surface area contributed by atoms with Crippen molar-refractivity contribution < 1.29 is 14.3 Å². The molecule has 0 unspecified atom stereocenters. The minimum atomic E-state index is -0.416. The number of rotatable bonds is 15. The molecule has 4 heterocycles. The fourth-order valence-corrected chi connectivity index (χ4v) is 4.85. The van der Waals surface area contributed by atoms with Crippen LogP contribution in [0.2, 0.25) is 0 Å². The van der Waals surface area contributed by atoms with Gasteiger partial charge < -0.3 is 30.5 Å². The van der Waals surface area contributed by atoms with Crippen LogP contribution in [0.4, 0.5) is 17.5 Å². The van der Waals surface area contributed by atoms with Gasteiger partial charge in [-0.1, -0.05) is 24.8 Å². The third kappa shape index (κ3) is 9.72. The van der Waals surface area contributed by atoms with E-state index in [1.165, 1.54) is 0 Å². The summed E-state index contributed by atoms with van der Waals surface area (Å²) >= 11 is 0. The second-order valence-electron chi connectivity index (χ2n) is 11.1. The van der Waals surface area contributed by atoms with Crippen molar-refractivity contribution in [1.82, 2.24) is 39.8 Å². The summed E-state index contributed by atoms with van der Waals surface area (Å²) in [4.78, 5) is 42.7. The van der Waals surface area contributed by atoms with E-state index < -0.39 is 6.04 Å². The van der Waals surface area contributed by atoms with Gasteiger partial charge in [0.1, 0.15) is 11.9 Å². The highest BCUT2D eigenvalue weighted by Crippen LogP contribution is 2.21. The molecule has 45 heavy (non-hydrogen) atoms. The van der Waals surface area contributed by atoms with Crippen molar-refractivity contribution in [1.29, 1.82) is 0 Å². The van der Waals surface area contributed by atoms with E-state index in [0.29, 0.717) is 69.4 Å². The SMILES string of the molecule is CCCNc1nc(Nc2cnc3c(cnn3CCOC)c2)ncc1C#CCCCNC(=O)[C@@H]1CCCN1C(=O)/C=C/CN(C)C. The number of ether oxygens (including phenoxy) is 1. The minimum absolute atomic E-state index is 0.105. The smallest absolute Gasteiger partial charge is 0.246 e. The van der Waals surface area contributed by atoms with Gasteiger partial charge in [0.2, 0.25) is 17.8 Å². The maximum Gasteiger partial charge on any atom is 0.246 e. The zero-order chi connectivity index (χ0) is 32.0. The number of pyridine rings is 1. The Hall–Kier alpha value is -4.54. The molecule has 2 amide bonds. The summed E-state index contributed by atoms with van der Waals surface area (Å²) < 4.78 is 6.96. The molecule has 3 aromatic heterocycles. The number of carbonyl (C=O) groups excluding carboxylic acids is 2. The molecule has 1 aliphatic rings. The highest BCUT2D eigenvalue weighted by atomic mass is 16.5. The molecule has 4 rings (SSSR count). The number of likely N-dealkylation sites (N-methyl/N-ethyl adjacent to an activating group) is 1. The molecule has 0 radical (unpaired) electrons. The minimum Gasteiger partial charge on any atom is -0.383 e. The largest absolute Gasteiger partial charge is 0.383 e. The Morgan fingerprint density at radius 2 is 2.07 bits per heavy atom. The molecule has 13 heteroatoms. The average Bonchev–Trinajstić information content (AvgIpc) is 3.68. The zero-order valence-electron chi connectivity index (χ0n) is 26.7. The highest BCUT2D eigenvalue weighted by Gasteiger charge is 2.32. The summed E-state index contributed by atoms with van der Waals surface area (Å²) in [5.74, 6) is 7.22. The Labute approximate surface area is 264 Å². The van der Waals surface area contributed by atoms with Crippen LogP contribution in [0.25, 0.3) is 11.0 Å². The van der Waals surface area contributed by atoms with Crippen LogP contribution >= 0.6 is 0 Å². The summed E-state index contributed by atoms with van der Waals surface area (Å²) in [6, 6.07) is 1.54. The number of nitrogens with one attached hydrogen (secondary N) is 3. The molecule has 0 aliphatic carbocycles. The van der Waals surface area contributed by atoms with Crippen LogP contribution in [-0.2, 0) is 20.9 Å². The van der Waals surface area contributed by atoms with E-state index in [4.69, 9.17) is 4.74 Å². The molecule has 1 fully saturated rings. The number of anilines is 3. The van der Waals surface area contributed by atoms with E-state index in [1.54, 1.807) is 36.7 Å². The van der Waals surface area contributed by atoms with Gasteiger partial charge in [-0.15, -0.1) is 0 Å². The second kappa shape index (κ2) is 17.1. The molecule has 0 saturated carbocycles. The number of aromatic nitrogens is 5. The van der Waals surface area contributed by atoms with Gasteiger partial charge in [-0.05, 0) is 45.8 Å². The first-order chi connectivity index (χ1) is 21.9. The van der Waals surface area contributed by atoms with Gasteiger partial charge in [-0.3, -0.25) is 9.59 Å². The summed E-state index contributed by atoms with van der Waals surface area (Å²) in [7, 11) is 5.55. The molecule has 1 aliphatic heterocycles. The normalized spacial score (nSPS) is 14.6. The van der Waals surface area contributed by atoms with Crippen LogP contribution in [0, 0.1) is 11.8 Å². The monoisotopic (exact) mass is 616 g/mol. The van der Waals surface area contributed by atoms with Crippen molar-refractivity contribution in [3.8, 4) is 11.8 Å². The number of hydrogen-bond donors (Lipinski definition) is 3. The molecule has 1 saturated heterocycles. The molecule has 240 valence electrons. The Bertz CT molecular complexity index is 1520. The Kier molecular flexibility index (Phi) is 12.7. The zero-order valence-corrected chi connectivity index (χ0v) is 26.7. The molecular weight excluding hydrogens is 572 g/mol. The Morgan fingerprint density at radius 1 is 1.20 bits per heavy atom. The Morgan fingerprint density at radius 3 is 2.87 bits per heavy atom. The lowest BCUT2D eigenvalue weighted by Crippen LogP contribution is -2.45. The molecule has 0 bridgehead atoms. The van der Waals surface area contributed by atoms with Gasteiger partial charge in [-0.2, -0.15) is 10.1 Å². The van der Waals surface area contributed by atoms with Crippen molar-refractivity contribution >= 4 is 40.3 Å². The maximum absolute atomic E-state index is 12.8. The fourth-order valence-electron chi connectivity index (χ4n) is 4.85. The highest BCUT2D eigenvalue weighted by molar-refractivity contribution is 5.93. The van der Waals surface area contributed by atoms with E-state index in [2.05, 4.69) is 54.8 Å². The van der Waals surface area contributed by atoms with Crippen LogP contribution in [0.3, 0.4) is 0 Å². The summed E-state index contributed by atoms with van der Waals surface area (Å²) in [5.41, 5.74) is 2.24. The number of unbranched alkanes of at least 4 members (excludes halogenated alkanes) is 1. The quantitative estimate of drug-likeness (QED) is 0.133. The van der Waals surface area contributed by atoms with Gasteiger partial charge in [-0.25, -0.2) is 14.6 Å². The van der Waals surface area contributed by atoms with Crippen LogP contribution in [0.1, 0.15) is 44.6 Å². The fraction of sp³-hybridized carbons (Fsp3) is 0.500. The number of amides is 2. The number of carbonyl (C=O) groups is 2. The predicted molar refractivity (Wildman–Crippen MR) is 175 cm³/mol. The van der Waals surface area contributed by atoms with Gasteiger partial charge in [0.15, 0.2) is 5.65 Å². The van der Waals surface area contributed by atoms with Crippen molar-refractivity contribution in [3.63, 3.8) is 0 Å². The first kappa shape index (κ1) is 33.4. The topological polar surface area (TPSA) is 142 Å². The number of nitrogens with zero attached hydrogens (tertiary/aromatic N) is 7. The summed E-state index contributed by atoms with van der Waals surface area (Å²) in [5, 5.41) is 14.8. The number of fused-ring (bicyclic) bond motifs is 1. The van der Waals surface area contributed by atoms with Crippen molar-refractivity contribution in [2.45, 2.75) is 51.6 Å². The van der Waals surface area contributed by atoms with E-state index in [9.17, 15) is 9.59 Å². The predicted octanol–water partition coefficient (Wildman–Crippen LogP) is 2.79. The lowest BCUT2D eigenvalue weighted by atomic mass is 10.2. The second-order valence-corrected chi connectivity index (χ2v) is 11.1.